The molecular formula is C20H24N2O. The first kappa shape index (κ1) is 16.8. The van der Waals surface area contributed by atoms with Crippen LogP contribution in [-0.4, -0.2) is 6.03 Å². The van der Waals surface area contributed by atoms with Crippen molar-refractivity contribution >= 4 is 6.03 Å². The van der Waals surface area contributed by atoms with Crippen molar-refractivity contribution in [2.75, 3.05) is 0 Å². The van der Waals surface area contributed by atoms with Crippen LogP contribution in [0.15, 0.2) is 72.4 Å². The number of allylic oxidation sites excluding steroid dienone is 1. The lowest BCUT2D eigenvalue weighted by molar-refractivity contribution is 0.242. The summed E-state index contributed by atoms with van der Waals surface area (Å²) in [6.45, 7) is 6.21. The SMILES string of the molecule is C/C(=C\NC(=O)NC(c1ccccc1)c1ccccc1)C(C)C. The minimum Gasteiger partial charge on any atom is -0.327 e. The molecule has 0 aliphatic carbocycles. The van der Waals surface area contributed by atoms with Crippen LogP contribution in [0.3, 0.4) is 0 Å². The van der Waals surface area contributed by atoms with E-state index in [2.05, 4.69) is 24.5 Å². The molecule has 2 rings (SSSR count). The van der Waals surface area contributed by atoms with Crippen molar-refractivity contribution in [1.82, 2.24) is 10.6 Å². The van der Waals surface area contributed by atoms with E-state index in [1.165, 1.54) is 0 Å². The van der Waals surface area contributed by atoms with Crippen molar-refractivity contribution in [2.45, 2.75) is 26.8 Å². The van der Waals surface area contributed by atoms with Gasteiger partial charge in [0.2, 0.25) is 0 Å². The number of carbonyl (C=O) groups is 1. The third kappa shape index (κ3) is 4.99. The van der Waals surface area contributed by atoms with Gasteiger partial charge in [0.1, 0.15) is 0 Å². The van der Waals surface area contributed by atoms with E-state index in [4.69, 9.17) is 0 Å². The minimum atomic E-state index is -0.206. The Kier molecular flexibility index (Phi) is 5.98. The van der Waals surface area contributed by atoms with Crippen LogP contribution in [0.4, 0.5) is 4.79 Å². The number of benzene rings is 2. The molecule has 0 atom stereocenters. The molecule has 0 unspecified atom stereocenters. The number of hydrogen-bond donors (Lipinski definition) is 2. The van der Waals surface area contributed by atoms with E-state index >= 15 is 0 Å². The number of nitrogens with one attached hydrogen (secondary N) is 2. The van der Waals surface area contributed by atoms with E-state index in [0.29, 0.717) is 5.92 Å². The van der Waals surface area contributed by atoms with Gasteiger partial charge in [-0.2, -0.15) is 0 Å². The van der Waals surface area contributed by atoms with Gasteiger partial charge in [-0.15, -0.1) is 0 Å². The zero-order valence-corrected chi connectivity index (χ0v) is 13.9. The van der Waals surface area contributed by atoms with Crippen molar-refractivity contribution in [1.29, 1.82) is 0 Å². The lowest BCUT2D eigenvalue weighted by atomic mass is 9.99. The molecule has 0 fully saturated rings. The van der Waals surface area contributed by atoms with Crippen LogP contribution < -0.4 is 10.6 Å². The maximum absolute atomic E-state index is 12.3. The van der Waals surface area contributed by atoms with Crippen LogP contribution in [0.25, 0.3) is 0 Å². The molecule has 0 saturated carbocycles. The van der Waals surface area contributed by atoms with Crippen LogP contribution in [0, 0.1) is 5.92 Å². The first-order valence-corrected chi connectivity index (χ1v) is 7.91. The third-order valence-electron chi connectivity index (χ3n) is 3.88. The summed E-state index contributed by atoms with van der Waals surface area (Å²) in [5.41, 5.74) is 3.24. The van der Waals surface area contributed by atoms with Gasteiger partial charge in [-0.3, -0.25) is 0 Å². The fourth-order valence-electron chi connectivity index (χ4n) is 2.17. The fraction of sp³-hybridized carbons (Fsp3) is 0.250. The Morgan fingerprint density at radius 3 is 1.83 bits per heavy atom. The Bertz CT molecular complexity index is 608. The molecule has 3 nitrogen and oxygen atoms in total. The molecule has 0 bridgehead atoms. The highest BCUT2D eigenvalue weighted by Gasteiger charge is 2.15. The van der Waals surface area contributed by atoms with Gasteiger partial charge in [0.15, 0.2) is 0 Å². The summed E-state index contributed by atoms with van der Waals surface area (Å²) in [6.07, 6.45) is 1.77. The first-order chi connectivity index (χ1) is 11.1. The Hall–Kier alpha value is -2.55. The van der Waals surface area contributed by atoms with Gasteiger partial charge in [-0.1, -0.05) is 80.1 Å². The van der Waals surface area contributed by atoms with Crippen LogP contribution in [0.2, 0.25) is 0 Å². The molecule has 23 heavy (non-hydrogen) atoms. The molecule has 0 spiro atoms. The van der Waals surface area contributed by atoms with Gasteiger partial charge in [-0.05, 0) is 24.0 Å². The van der Waals surface area contributed by atoms with Gasteiger partial charge in [0.05, 0.1) is 6.04 Å². The Morgan fingerprint density at radius 1 is 0.913 bits per heavy atom. The Morgan fingerprint density at radius 2 is 1.39 bits per heavy atom. The maximum Gasteiger partial charge on any atom is 0.319 e. The number of rotatable bonds is 5. The predicted molar refractivity (Wildman–Crippen MR) is 95.0 cm³/mol. The van der Waals surface area contributed by atoms with Gasteiger partial charge >= 0.3 is 6.03 Å². The van der Waals surface area contributed by atoms with Gasteiger partial charge < -0.3 is 10.6 Å². The van der Waals surface area contributed by atoms with E-state index in [1.54, 1.807) is 6.20 Å². The molecule has 0 saturated heterocycles. The number of urea groups is 1. The third-order valence-corrected chi connectivity index (χ3v) is 3.88. The molecule has 0 aromatic heterocycles. The molecule has 3 heteroatoms. The molecule has 0 heterocycles. The summed E-state index contributed by atoms with van der Waals surface area (Å²) in [6, 6.07) is 19.6. The smallest absolute Gasteiger partial charge is 0.319 e. The molecule has 2 aromatic carbocycles. The van der Waals surface area contributed by atoms with E-state index in [-0.39, 0.29) is 12.1 Å². The molecule has 120 valence electrons. The summed E-state index contributed by atoms with van der Waals surface area (Å²) in [7, 11) is 0. The zero-order valence-electron chi connectivity index (χ0n) is 13.9. The summed E-state index contributed by atoms with van der Waals surface area (Å²) < 4.78 is 0. The van der Waals surface area contributed by atoms with E-state index < -0.39 is 0 Å². The molecular weight excluding hydrogens is 284 g/mol. The molecule has 0 aliphatic rings. The summed E-state index contributed by atoms with van der Waals surface area (Å²) in [5, 5.41) is 5.87. The maximum atomic E-state index is 12.3. The molecule has 0 aliphatic heterocycles. The predicted octanol–water partition coefficient (Wildman–Crippen LogP) is 4.64. The topological polar surface area (TPSA) is 41.1 Å². The largest absolute Gasteiger partial charge is 0.327 e. The number of carbonyl (C=O) groups excluding carboxylic acids is 1. The average molecular weight is 308 g/mol. The highest BCUT2D eigenvalue weighted by atomic mass is 16.2. The highest BCUT2D eigenvalue weighted by Crippen LogP contribution is 2.21. The quantitative estimate of drug-likeness (QED) is 0.830. The molecule has 2 N–H and O–H groups in total. The lowest BCUT2D eigenvalue weighted by Crippen LogP contribution is -2.36. The number of amides is 2. The fourth-order valence-corrected chi connectivity index (χ4v) is 2.17. The summed E-state index contributed by atoms with van der Waals surface area (Å²) >= 11 is 0. The van der Waals surface area contributed by atoms with E-state index in [0.717, 1.165) is 16.7 Å². The van der Waals surface area contributed by atoms with Crippen molar-refractivity contribution in [3.8, 4) is 0 Å². The second kappa shape index (κ2) is 8.18. The summed E-state index contributed by atoms with van der Waals surface area (Å²) in [5.74, 6) is 0.411. The first-order valence-electron chi connectivity index (χ1n) is 7.91. The van der Waals surface area contributed by atoms with Crippen molar-refractivity contribution in [3.05, 3.63) is 83.6 Å². The number of hydrogen-bond acceptors (Lipinski definition) is 1. The van der Waals surface area contributed by atoms with Gasteiger partial charge in [0.25, 0.3) is 0 Å². The van der Waals surface area contributed by atoms with Crippen molar-refractivity contribution in [3.63, 3.8) is 0 Å². The molecule has 0 radical (unpaired) electrons. The van der Waals surface area contributed by atoms with Crippen LogP contribution in [0.1, 0.15) is 37.9 Å². The highest BCUT2D eigenvalue weighted by molar-refractivity contribution is 5.76. The monoisotopic (exact) mass is 308 g/mol. The standard InChI is InChI=1S/C20H24N2O/c1-15(2)16(3)14-21-20(23)22-19(17-10-6-4-7-11-17)18-12-8-5-9-13-18/h4-15,19H,1-3H3,(H2,21,22,23)/b16-14+. The van der Waals surface area contributed by atoms with Crippen LogP contribution in [0.5, 0.6) is 0 Å². The van der Waals surface area contributed by atoms with Crippen molar-refractivity contribution in [2.24, 2.45) is 5.92 Å². The van der Waals surface area contributed by atoms with Crippen LogP contribution in [-0.2, 0) is 0 Å². The normalized spacial score (nSPS) is 11.6. The summed E-state index contributed by atoms with van der Waals surface area (Å²) in [4.78, 5) is 12.3. The molecule has 2 amide bonds. The molecule has 2 aromatic rings. The van der Waals surface area contributed by atoms with E-state index in [1.807, 2.05) is 67.6 Å². The second-order valence-corrected chi connectivity index (χ2v) is 5.92. The second-order valence-electron chi connectivity index (χ2n) is 5.92. The zero-order chi connectivity index (χ0) is 16.7. The Labute approximate surface area is 138 Å². The van der Waals surface area contributed by atoms with Gasteiger partial charge in [-0.25, -0.2) is 4.79 Å². The minimum absolute atomic E-state index is 0.176. The lowest BCUT2D eigenvalue weighted by Gasteiger charge is -2.20. The Balaban J connectivity index is 2.16. The van der Waals surface area contributed by atoms with Crippen molar-refractivity contribution < 1.29 is 4.79 Å². The van der Waals surface area contributed by atoms with E-state index in [9.17, 15) is 4.79 Å². The average Bonchev–Trinajstić information content (AvgIpc) is 2.59. The van der Waals surface area contributed by atoms with Crippen LogP contribution >= 0.6 is 0 Å². The van der Waals surface area contributed by atoms with Gasteiger partial charge in [0, 0.05) is 6.20 Å².